The molecule has 0 amide bonds. The molecule has 0 aliphatic carbocycles. The summed E-state index contributed by atoms with van der Waals surface area (Å²) >= 11 is 3.19. The molecule has 0 aliphatic heterocycles. The molecule has 21 heavy (non-hydrogen) atoms. The molecule has 6 heteroatoms. The lowest BCUT2D eigenvalue weighted by molar-refractivity contribution is -0.145. The number of ether oxygens (including phenoxy) is 1. The van der Waals surface area contributed by atoms with Crippen LogP contribution in [0.1, 0.15) is 22.1 Å². The minimum absolute atomic E-state index is 0.208. The summed E-state index contributed by atoms with van der Waals surface area (Å²) in [5.74, 6) is -0.208. The van der Waals surface area contributed by atoms with Gasteiger partial charge < -0.3 is 4.74 Å². The molecule has 0 saturated carbocycles. The third-order valence-electron chi connectivity index (χ3n) is 2.93. The first-order chi connectivity index (χ1) is 10.2. The van der Waals surface area contributed by atoms with Crippen LogP contribution < -0.4 is 0 Å². The molecule has 0 aliphatic rings. The highest BCUT2D eigenvalue weighted by molar-refractivity contribution is 7.18. The van der Waals surface area contributed by atoms with E-state index >= 15 is 0 Å². The van der Waals surface area contributed by atoms with E-state index in [4.69, 9.17) is 4.74 Å². The minimum Gasteiger partial charge on any atom is -0.459 e. The number of nitrogens with zero attached hydrogens (tertiary/aromatic N) is 2. The molecule has 0 fully saturated rings. The Morgan fingerprint density at radius 3 is 2.90 bits per heavy atom. The van der Waals surface area contributed by atoms with Gasteiger partial charge in [-0.1, -0.05) is 12.1 Å². The third-order valence-corrected chi connectivity index (χ3v) is 4.85. The molecule has 2 aromatic heterocycles. The predicted molar refractivity (Wildman–Crippen MR) is 84.6 cm³/mol. The molecule has 0 radical (unpaired) electrons. The zero-order valence-corrected chi connectivity index (χ0v) is 13.2. The Hall–Kier alpha value is -1.79. The number of para-hydroxylation sites is 1. The molecule has 0 atom stereocenters. The first kappa shape index (κ1) is 14.2. The summed E-state index contributed by atoms with van der Waals surface area (Å²) in [7, 11) is 0. The van der Waals surface area contributed by atoms with Gasteiger partial charge in [-0.3, -0.25) is 4.79 Å². The molecule has 0 bridgehead atoms. The summed E-state index contributed by atoms with van der Waals surface area (Å²) < 4.78 is 6.37. The second kappa shape index (κ2) is 6.32. The van der Waals surface area contributed by atoms with Gasteiger partial charge in [0.1, 0.15) is 6.61 Å². The SMILES string of the molecule is Cc1nc(COC(=O)CCc2nc3ccccc3s2)cs1. The van der Waals surface area contributed by atoms with E-state index in [0.29, 0.717) is 12.8 Å². The number of aryl methyl sites for hydroxylation is 2. The van der Waals surface area contributed by atoms with Crippen molar-refractivity contribution >= 4 is 38.9 Å². The topological polar surface area (TPSA) is 52.1 Å². The Morgan fingerprint density at radius 1 is 1.29 bits per heavy atom. The van der Waals surface area contributed by atoms with E-state index in [2.05, 4.69) is 9.97 Å². The zero-order chi connectivity index (χ0) is 14.7. The summed E-state index contributed by atoms with van der Waals surface area (Å²) in [6.07, 6.45) is 0.969. The summed E-state index contributed by atoms with van der Waals surface area (Å²) in [5, 5.41) is 3.86. The quantitative estimate of drug-likeness (QED) is 0.673. The van der Waals surface area contributed by atoms with Crippen molar-refractivity contribution in [2.45, 2.75) is 26.4 Å². The summed E-state index contributed by atoms with van der Waals surface area (Å²) in [5.41, 5.74) is 1.80. The van der Waals surface area contributed by atoms with Crippen LogP contribution in [0.15, 0.2) is 29.6 Å². The monoisotopic (exact) mass is 318 g/mol. The second-order valence-electron chi connectivity index (χ2n) is 4.59. The Morgan fingerprint density at radius 2 is 2.14 bits per heavy atom. The van der Waals surface area contributed by atoms with Gasteiger partial charge in [-0.15, -0.1) is 22.7 Å². The van der Waals surface area contributed by atoms with Crippen molar-refractivity contribution in [2.24, 2.45) is 0 Å². The van der Waals surface area contributed by atoms with Gasteiger partial charge in [-0.2, -0.15) is 0 Å². The number of aromatic nitrogens is 2. The van der Waals surface area contributed by atoms with E-state index < -0.39 is 0 Å². The largest absolute Gasteiger partial charge is 0.459 e. The van der Waals surface area contributed by atoms with Crippen molar-refractivity contribution in [1.29, 1.82) is 0 Å². The van der Waals surface area contributed by atoms with E-state index in [1.54, 1.807) is 22.7 Å². The molecule has 2 heterocycles. The Labute approximate surface area is 130 Å². The first-order valence-corrected chi connectivity index (χ1v) is 8.31. The molecule has 3 rings (SSSR count). The van der Waals surface area contributed by atoms with Crippen LogP contribution in [0.5, 0.6) is 0 Å². The molecule has 4 nitrogen and oxygen atoms in total. The van der Waals surface area contributed by atoms with Crippen LogP contribution in [0, 0.1) is 6.92 Å². The smallest absolute Gasteiger partial charge is 0.306 e. The first-order valence-electron chi connectivity index (χ1n) is 6.62. The number of fused-ring (bicyclic) bond motifs is 1. The molecule has 0 spiro atoms. The van der Waals surface area contributed by atoms with E-state index in [-0.39, 0.29) is 12.6 Å². The van der Waals surface area contributed by atoms with Crippen molar-refractivity contribution in [1.82, 2.24) is 9.97 Å². The number of carbonyl (C=O) groups is 1. The van der Waals surface area contributed by atoms with Crippen LogP contribution in [-0.4, -0.2) is 15.9 Å². The summed E-state index contributed by atoms with van der Waals surface area (Å²) in [6.45, 7) is 2.19. The number of benzene rings is 1. The van der Waals surface area contributed by atoms with Crippen LogP contribution in [0.25, 0.3) is 10.2 Å². The van der Waals surface area contributed by atoms with Gasteiger partial charge in [0.2, 0.25) is 0 Å². The molecule has 0 saturated heterocycles. The summed E-state index contributed by atoms with van der Waals surface area (Å²) in [4.78, 5) is 20.5. The Kier molecular flexibility index (Phi) is 4.26. The molecular weight excluding hydrogens is 304 g/mol. The van der Waals surface area contributed by atoms with Crippen LogP contribution in [0.4, 0.5) is 0 Å². The highest BCUT2D eigenvalue weighted by Crippen LogP contribution is 2.22. The van der Waals surface area contributed by atoms with Gasteiger partial charge >= 0.3 is 5.97 Å². The maximum Gasteiger partial charge on any atom is 0.306 e. The normalized spacial score (nSPS) is 10.9. The lowest BCUT2D eigenvalue weighted by Gasteiger charge is -2.01. The lowest BCUT2D eigenvalue weighted by atomic mass is 10.3. The molecule has 3 aromatic rings. The average molecular weight is 318 g/mol. The van der Waals surface area contributed by atoms with Crippen molar-refractivity contribution in [2.75, 3.05) is 0 Å². The van der Waals surface area contributed by atoms with E-state index in [1.807, 2.05) is 36.6 Å². The third kappa shape index (κ3) is 3.65. The number of thiazole rings is 2. The van der Waals surface area contributed by atoms with Crippen LogP contribution in [-0.2, 0) is 22.6 Å². The molecule has 1 aromatic carbocycles. The van der Waals surface area contributed by atoms with Gasteiger partial charge in [0, 0.05) is 11.8 Å². The average Bonchev–Trinajstić information content (AvgIpc) is 3.08. The number of esters is 1. The number of hydrogen-bond acceptors (Lipinski definition) is 6. The molecule has 0 N–H and O–H groups in total. The van der Waals surface area contributed by atoms with Crippen LogP contribution in [0.3, 0.4) is 0 Å². The number of carbonyl (C=O) groups excluding carboxylic acids is 1. The van der Waals surface area contributed by atoms with Crippen molar-refractivity contribution in [3.63, 3.8) is 0 Å². The van der Waals surface area contributed by atoms with E-state index in [9.17, 15) is 4.79 Å². The van der Waals surface area contributed by atoms with Gasteiger partial charge in [0.05, 0.1) is 32.3 Å². The number of hydrogen-bond donors (Lipinski definition) is 0. The Bertz CT molecular complexity index is 731. The maximum atomic E-state index is 11.7. The minimum atomic E-state index is -0.208. The highest BCUT2D eigenvalue weighted by Gasteiger charge is 2.09. The second-order valence-corrected chi connectivity index (χ2v) is 6.77. The van der Waals surface area contributed by atoms with Gasteiger partial charge in [0.25, 0.3) is 0 Å². The fraction of sp³-hybridized carbons (Fsp3) is 0.267. The summed E-state index contributed by atoms with van der Waals surface area (Å²) in [6, 6.07) is 7.99. The lowest BCUT2D eigenvalue weighted by Crippen LogP contribution is -2.06. The van der Waals surface area contributed by atoms with Gasteiger partial charge in [-0.25, -0.2) is 9.97 Å². The standard InChI is InChI=1S/C15H14N2O2S2/c1-10-16-11(9-20-10)8-19-15(18)7-6-14-17-12-4-2-3-5-13(12)21-14/h2-5,9H,6-8H2,1H3. The maximum absolute atomic E-state index is 11.7. The zero-order valence-electron chi connectivity index (χ0n) is 11.5. The number of rotatable bonds is 5. The fourth-order valence-corrected chi connectivity index (χ4v) is 3.50. The van der Waals surface area contributed by atoms with Gasteiger partial charge in [0.15, 0.2) is 0 Å². The molecule has 0 unspecified atom stereocenters. The molecular formula is C15H14N2O2S2. The van der Waals surface area contributed by atoms with E-state index in [1.165, 1.54) is 0 Å². The van der Waals surface area contributed by atoms with Crippen molar-refractivity contribution in [3.05, 3.63) is 45.4 Å². The Balaban J connectivity index is 1.51. The predicted octanol–water partition coefficient (Wildman–Crippen LogP) is 3.74. The van der Waals surface area contributed by atoms with E-state index in [0.717, 1.165) is 25.9 Å². The van der Waals surface area contributed by atoms with Crippen molar-refractivity contribution in [3.8, 4) is 0 Å². The van der Waals surface area contributed by atoms with Crippen LogP contribution in [0.2, 0.25) is 0 Å². The molecule has 108 valence electrons. The fourth-order valence-electron chi connectivity index (χ4n) is 1.94. The highest BCUT2D eigenvalue weighted by atomic mass is 32.1. The van der Waals surface area contributed by atoms with Crippen molar-refractivity contribution < 1.29 is 9.53 Å². The van der Waals surface area contributed by atoms with Crippen LogP contribution >= 0.6 is 22.7 Å². The van der Waals surface area contributed by atoms with Gasteiger partial charge in [-0.05, 0) is 19.1 Å².